The predicted molar refractivity (Wildman–Crippen MR) is 110 cm³/mol. The molecule has 144 valence electrons. The molecule has 1 aromatic rings. The van der Waals surface area contributed by atoms with Gasteiger partial charge in [0.15, 0.2) is 5.96 Å². The summed E-state index contributed by atoms with van der Waals surface area (Å²) in [6.07, 6.45) is 6.18. The zero-order chi connectivity index (χ0) is 19.0. The van der Waals surface area contributed by atoms with E-state index < -0.39 is 9.84 Å². The third-order valence-corrected chi connectivity index (χ3v) is 5.17. The number of benzene rings is 1. The van der Waals surface area contributed by atoms with Crippen LogP contribution in [0.4, 0.5) is 5.69 Å². The molecule has 0 saturated heterocycles. The first kappa shape index (κ1) is 20.3. The molecule has 1 unspecified atom stereocenters. The molecule has 26 heavy (non-hydrogen) atoms. The van der Waals surface area contributed by atoms with E-state index in [1.165, 1.54) is 11.9 Å². The summed E-state index contributed by atoms with van der Waals surface area (Å²) in [4.78, 5) is 6.92. The molecule has 0 aliphatic carbocycles. The van der Waals surface area contributed by atoms with Crippen molar-refractivity contribution in [3.8, 4) is 0 Å². The maximum atomic E-state index is 11.3. The van der Waals surface area contributed by atoms with Crippen molar-refractivity contribution < 1.29 is 8.42 Å². The summed E-state index contributed by atoms with van der Waals surface area (Å²) < 4.78 is 22.6. The van der Waals surface area contributed by atoms with Gasteiger partial charge in [0.2, 0.25) is 0 Å². The number of aliphatic imine (C=N–C) groups is 1. The second kappa shape index (κ2) is 9.62. The lowest BCUT2D eigenvalue weighted by molar-refractivity contribution is 0.581. The molecule has 0 spiro atoms. The number of nitrogens with one attached hydrogen (secondary N) is 2. The molecule has 0 bridgehead atoms. The van der Waals surface area contributed by atoms with Gasteiger partial charge in [-0.05, 0) is 38.0 Å². The molecule has 0 amide bonds. The Kier molecular flexibility index (Phi) is 7.50. The monoisotopic (exact) mass is 378 g/mol. The molecule has 0 radical (unpaired) electrons. The molecule has 1 atom stereocenters. The van der Waals surface area contributed by atoms with Crippen molar-refractivity contribution in [2.45, 2.75) is 32.9 Å². The number of anilines is 1. The van der Waals surface area contributed by atoms with Gasteiger partial charge in [-0.2, -0.15) is 0 Å². The largest absolute Gasteiger partial charge is 0.364 e. The topological polar surface area (TPSA) is 73.8 Å². The first-order valence-electron chi connectivity index (χ1n) is 9.09. The fourth-order valence-corrected chi connectivity index (χ4v) is 3.47. The first-order chi connectivity index (χ1) is 12.4. The Labute approximate surface area is 157 Å². The minimum Gasteiger partial charge on any atom is -0.364 e. The maximum Gasteiger partial charge on any atom is 0.191 e. The molecule has 1 aliphatic rings. The molecule has 6 nitrogen and oxygen atoms in total. The van der Waals surface area contributed by atoms with E-state index in [4.69, 9.17) is 0 Å². The molecule has 1 aromatic carbocycles. The van der Waals surface area contributed by atoms with Crippen LogP contribution in [0.2, 0.25) is 0 Å². The fraction of sp³-hybridized carbons (Fsp3) is 0.526. The fourth-order valence-electron chi connectivity index (χ4n) is 2.69. The first-order valence-corrected chi connectivity index (χ1v) is 11.1. The van der Waals surface area contributed by atoms with Crippen LogP contribution in [0.5, 0.6) is 0 Å². The summed E-state index contributed by atoms with van der Waals surface area (Å²) in [6.45, 7) is 7.25. The Morgan fingerprint density at radius 2 is 1.88 bits per heavy atom. The van der Waals surface area contributed by atoms with Gasteiger partial charge in [0.1, 0.15) is 9.84 Å². The predicted octanol–water partition coefficient (Wildman–Crippen LogP) is 1.94. The van der Waals surface area contributed by atoms with Gasteiger partial charge in [-0.25, -0.2) is 13.4 Å². The number of hydrogen-bond acceptors (Lipinski definition) is 4. The quantitative estimate of drug-likeness (QED) is 0.411. The summed E-state index contributed by atoms with van der Waals surface area (Å²) in [6, 6.07) is 8.51. The highest BCUT2D eigenvalue weighted by Gasteiger charge is 2.10. The molecule has 1 heterocycles. The standard InChI is InChI=1S/C19H30N4O2S/c1-4-20-19(22-16(2)11-14-26(3,24)25)21-15-17-7-9-18(10-8-17)23-12-5-6-13-23/h5-10,16H,4,11-15H2,1-3H3,(H2,20,21,22). The van der Waals surface area contributed by atoms with Crippen LogP contribution in [0, 0.1) is 0 Å². The van der Waals surface area contributed by atoms with E-state index in [1.54, 1.807) is 0 Å². The number of rotatable bonds is 8. The average Bonchev–Trinajstić information content (AvgIpc) is 3.12. The number of sulfone groups is 1. The molecular formula is C19H30N4O2S. The van der Waals surface area contributed by atoms with E-state index in [0.29, 0.717) is 18.9 Å². The minimum atomic E-state index is -2.94. The van der Waals surface area contributed by atoms with Gasteiger partial charge in [-0.3, -0.25) is 0 Å². The number of guanidine groups is 1. The van der Waals surface area contributed by atoms with E-state index in [9.17, 15) is 8.42 Å². The molecule has 7 heteroatoms. The van der Waals surface area contributed by atoms with Crippen LogP contribution in [0.1, 0.15) is 25.8 Å². The minimum absolute atomic E-state index is 0.0348. The van der Waals surface area contributed by atoms with Crippen molar-refractivity contribution in [2.24, 2.45) is 4.99 Å². The van der Waals surface area contributed by atoms with Crippen LogP contribution in [-0.2, 0) is 16.4 Å². The normalized spacial score (nSPS) is 16.0. The number of nitrogens with zero attached hydrogens (tertiary/aromatic N) is 2. The second-order valence-electron chi connectivity index (χ2n) is 6.70. The smallest absolute Gasteiger partial charge is 0.191 e. The number of hydrogen-bond donors (Lipinski definition) is 2. The highest BCUT2D eigenvalue weighted by atomic mass is 32.2. The Balaban J connectivity index is 1.90. The van der Waals surface area contributed by atoms with Crippen molar-refractivity contribution in [1.82, 2.24) is 10.6 Å². The maximum absolute atomic E-state index is 11.3. The highest BCUT2D eigenvalue weighted by molar-refractivity contribution is 7.90. The van der Waals surface area contributed by atoms with Crippen molar-refractivity contribution in [3.05, 3.63) is 42.0 Å². The van der Waals surface area contributed by atoms with E-state index in [1.807, 2.05) is 13.8 Å². The van der Waals surface area contributed by atoms with Gasteiger partial charge in [0.25, 0.3) is 0 Å². The second-order valence-corrected chi connectivity index (χ2v) is 8.96. The van der Waals surface area contributed by atoms with E-state index >= 15 is 0 Å². The lowest BCUT2D eigenvalue weighted by atomic mass is 10.2. The summed E-state index contributed by atoms with van der Waals surface area (Å²) >= 11 is 0. The Morgan fingerprint density at radius 1 is 1.23 bits per heavy atom. The van der Waals surface area contributed by atoms with Crippen LogP contribution >= 0.6 is 0 Å². The molecule has 0 saturated carbocycles. The van der Waals surface area contributed by atoms with Crippen LogP contribution in [0.15, 0.2) is 41.4 Å². The third-order valence-electron chi connectivity index (χ3n) is 4.19. The van der Waals surface area contributed by atoms with Crippen molar-refractivity contribution in [3.63, 3.8) is 0 Å². The van der Waals surface area contributed by atoms with E-state index in [-0.39, 0.29) is 11.8 Å². The van der Waals surface area contributed by atoms with Crippen LogP contribution in [0.3, 0.4) is 0 Å². The Hall–Kier alpha value is -2.02. The van der Waals surface area contributed by atoms with E-state index in [2.05, 4.69) is 56.9 Å². The summed E-state index contributed by atoms with van der Waals surface area (Å²) in [7, 11) is -2.94. The zero-order valence-corrected chi connectivity index (χ0v) is 16.7. The van der Waals surface area contributed by atoms with Gasteiger partial charge in [0, 0.05) is 37.6 Å². The zero-order valence-electron chi connectivity index (χ0n) is 15.9. The molecule has 0 aromatic heterocycles. The van der Waals surface area contributed by atoms with Crippen LogP contribution in [0.25, 0.3) is 0 Å². The lowest BCUT2D eigenvalue weighted by Crippen LogP contribution is -2.42. The van der Waals surface area contributed by atoms with E-state index in [0.717, 1.165) is 25.2 Å². The van der Waals surface area contributed by atoms with Gasteiger partial charge in [0.05, 0.1) is 12.3 Å². The molecule has 1 aliphatic heterocycles. The van der Waals surface area contributed by atoms with Gasteiger partial charge in [-0.1, -0.05) is 24.3 Å². The lowest BCUT2D eigenvalue weighted by Gasteiger charge is -2.18. The summed E-state index contributed by atoms with van der Waals surface area (Å²) in [5, 5.41) is 6.48. The summed E-state index contributed by atoms with van der Waals surface area (Å²) in [5.41, 5.74) is 2.36. The third kappa shape index (κ3) is 7.07. The van der Waals surface area contributed by atoms with Crippen molar-refractivity contribution in [1.29, 1.82) is 0 Å². The van der Waals surface area contributed by atoms with Gasteiger partial charge >= 0.3 is 0 Å². The Bertz CT molecular complexity index is 718. The summed E-state index contributed by atoms with van der Waals surface area (Å²) in [5.74, 6) is 0.884. The molecule has 0 fully saturated rings. The average molecular weight is 379 g/mol. The molecule has 2 N–H and O–H groups in total. The molecular weight excluding hydrogens is 348 g/mol. The van der Waals surface area contributed by atoms with Gasteiger partial charge < -0.3 is 15.5 Å². The van der Waals surface area contributed by atoms with Crippen molar-refractivity contribution >= 4 is 21.5 Å². The highest BCUT2D eigenvalue weighted by Crippen LogP contribution is 2.17. The van der Waals surface area contributed by atoms with Crippen molar-refractivity contribution in [2.75, 3.05) is 36.5 Å². The Morgan fingerprint density at radius 3 is 2.46 bits per heavy atom. The van der Waals surface area contributed by atoms with Crippen LogP contribution < -0.4 is 15.5 Å². The van der Waals surface area contributed by atoms with Gasteiger partial charge in [-0.15, -0.1) is 0 Å². The SMILES string of the molecule is CCNC(=NCc1ccc(N2CC=CC2)cc1)NC(C)CCS(C)(=O)=O. The van der Waals surface area contributed by atoms with Crippen LogP contribution in [-0.4, -0.2) is 52.1 Å². The molecule has 2 rings (SSSR count).